The molecule has 0 saturated heterocycles. The van der Waals surface area contributed by atoms with Crippen molar-refractivity contribution in [3.63, 3.8) is 0 Å². The molecule has 1 heterocycles. The maximum Gasteiger partial charge on any atom is 0.322 e. The molecule has 2 N–H and O–H groups in total. The largest absolute Gasteiger partial charge is 0.480 e. The summed E-state index contributed by atoms with van der Waals surface area (Å²) < 4.78 is 27.2. The van der Waals surface area contributed by atoms with E-state index in [1.54, 1.807) is 0 Å². The van der Waals surface area contributed by atoms with Crippen molar-refractivity contribution in [1.82, 2.24) is 4.72 Å². The molecule has 0 spiro atoms. The highest BCUT2D eigenvalue weighted by molar-refractivity contribution is 7.89. The molecule has 0 aromatic carbocycles. The summed E-state index contributed by atoms with van der Waals surface area (Å²) >= 11 is 12.5. The van der Waals surface area contributed by atoms with Crippen molar-refractivity contribution >= 4 is 50.5 Å². The van der Waals surface area contributed by atoms with Gasteiger partial charge in [-0.15, -0.1) is 11.3 Å². The van der Waals surface area contributed by atoms with Crippen LogP contribution in [0.5, 0.6) is 0 Å². The Labute approximate surface area is 137 Å². The number of aliphatic carboxylic acids is 1. The van der Waals surface area contributed by atoms with Gasteiger partial charge in [0.15, 0.2) is 0 Å². The van der Waals surface area contributed by atoms with Gasteiger partial charge in [-0.25, -0.2) is 8.42 Å². The SMILES string of the molecule is O=C(O)C(NS(=O)(=O)c1cc(Cl)sc1Cl)C1CCCCC1. The molecular weight excluding hydrogens is 357 g/mol. The van der Waals surface area contributed by atoms with Crippen LogP contribution in [0.4, 0.5) is 0 Å². The molecule has 0 aliphatic heterocycles. The average molecular weight is 372 g/mol. The van der Waals surface area contributed by atoms with Crippen molar-refractivity contribution < 1.29 is 18.3 Å². The number of halogens is 2. The van der Waals surface area contributed by atoms with Gasteiger partial charge in [0.05, 0.1) is 4.34 Å². The molecule has 1 fully saturated rings. The van der Waals surface area contributed by atoms with E-state index in [0.717, 1.165) is 30.6 Å². The van der Waals surface area contributed by atoms with Gasteiger partial charge >= 0.3 is 5.97 Å². The van der Waals surface area contributed by atoms with Crippen LogP contribution in [0.3, 0.4) is 0 Å². The second kappa shape index (κ2) is 6.83. The molecular formula is C12H15Cl2NO4S2. The van der Waals surface area contributed by atoms with Crippen molar-refractivity contribution in [3.8, 4) is 0 Å². The van der Waals surface area contributed by atoms with Gasteiger partial charge in [0.25, 0.3) is 0 Å². The quantitative estimate of drug-likeness (QED) is 0.830. The lowest BCUT2D eigenvalue weighted by Gasteiger charge is -2.27. The van der Waals surface area contributed by atoms with Crippen LogP contribution in [0.25, 0.3) is 0 Å². The molecule has 1 aromatic heterocycles. The van der Waals surface area contributed by atoms with E-state index in [2.05, 4.69) is 4.72 Å². The maximum absolute atomic E-state index is 12.3. The van der Waals surface area contributed by atoms with Crippen LogP contribution in [0.15, 0.2) is 11.0 Å². The third-order valence-electron chi connectivity index (χ3n) is 3.58. The number of carboxylic acids is 1. The number of nitrogens with one attached hydrogen (secondary N) is 1. The number of rotatable bonds is 5. The fraction of sp³-hybridized carbons (Fsp3) is 0.583. The van der Waals surface area contributed by atoms with Gasteiger partial charge in [0.1, 0.15) is 15.3 Å². The summed E-state index contributed by atoms with van der Waals surface area (Å²) in [5.41, 5.74) is 0. The Morgan fingerprint density at radius 1 is 1.33 bits per heavy atom. The molecule has 0 radical (unpaired) electrons. The number of sulfonamides is 1. The van der Waals surface area contributed by atoms with Crippen LogP contribution < -0.4 is 4.72 Å². The summed E-state index contributed by atoms with van der Waals surface area (Å²) in [7, 11) is -4.00. The Hall–Kier alpha value is -0.340. The summed E-state index contributed by atoms with van der Waals surface area (Å²) in [5, 5.41) is 9.33. The van der Waals surface area contributed by atoms with E-state index in [4.69, 9.17) is 23.2 Å². The Bertz CT molecular complexity index is 623. The van der Waals surface area contributed by atoms with E-state index >= 15 is 0 Å². The van der Waals surface area contributed by atoms with Gasteiger partial charge in [0.2, 0.25) is 10.0 Å². The molecule has 1 unspecified atom stereocenters. The minimum Gasteiger partial charge on any atom is -0.480 e. The number of hydrogen-bond acceptors (Lipinski definition) is 4. The predicted molar refractivity (Wildman–Crippen MR) is 82.7 cm³/mol. The highest BCUT2D eigenvalue weighted by Crippen LogP contribution is 2.35. The second-order valence-corrected chi connectivity index (χ2v) is 8.99. The van der Waals surface area contributed by atoms with E-state index in [9.17, 15) is 18.3 Å². The standard InChI is InChI=1S/C12H15Cl2NO4S2/c13-9-6-8(11(14)20-9)21(18,19)15-10(12(16)17)7-4-2-1-3-5-7/h6-7,10,15H,1-5H2,(H,16,17). The Morgan fingerprint density at radius 2 is 1.95 bits per heavy atom. The van der Waals surface area contributed by atoms with Crippen molar-refractivity contribution in [2.24, 2.45) is 5.92 Å². The third kappa shape index (κ3) is 4.10. The molecule has 0 amide bonds. The lowest BCUT2D eigenvalue weighted by molar-refractivity contribution is -0.140. The summed E-state index contributed by atoms with van der Waals surface area (Å²) in [5.74, 6) is -1.36. The van der Waals surface area contributed by atoms with E-state index in [1.165, 1.54) is 6.07 Å². The van der Waals surface area contributed by atoms with Crippen LogP contribution in [-0.4, -0.2) is 25.5 Å². The van der Waals surface area contributed by atoms with Crippen LogP contribution in [0, 0.1) is 5.92 Å². The smallest absolute Gasteiger partial charge is 0.322 e. The molecule has 9 heteroatoms. The molecule has 1 atom stereocenters. The number of carbonyl (C=O) groups is 1. The maximum atomic E-state index is 12.3. The molecule has 118 valence electrons. The molecule has 1 saturated carbocycles. The van der Waals surface area contributed by atoms with Crippen molar-refractivity contribution in [1.29, 1.82) is 0 Å². The molecule has 5 nitrogen and oxygen atoms in total. The van der Waals surface area contributed by atoms with Crippen molar-refractivity contribution in [2.75, 3.05) is 0 Å². The zero-order valence-electron chi connectivity index (χ0n) is 11.0. The Morgan fingerprint density at radius 3 is 2.43 bits per heavy atom. The fourth-order valence-electron chi connectivity index (χ4n) is 2.55. The summed E-state index contributed by atoms with van der Waals surface area (Å²) in [6, 6.07) is 0.0986. The monoisotopic (exact) mass is 371 g/mol. The van der Waals surface area contributed by atoms with E-state index in [-0.39, 0.29) is 19.5 Å². The van der Waals surface area contributed by atoms with Crippen molar-refractivity contribution in [3.05, 3.63) is 14.7 Å². The summed E-state index contributed by atoms with van der Waals surface area (Å²) in [6.07, 6.45) is 4.30. The van der Waals surface area contributed by atoms with E-state index < -0.39 is 22.0 Å². The van der Waals surface area contributed by atoms with Gasteiger partial charge < -0.3 is 5.11 Å². The normalized spacial score (nSPS) is 18.6. The van der Waals surface area contributed by atoms with Gasteiger partial charge in [-0.2, -0.15) is 4.72 Å². The van der Waals surface area contributed by atoms with Gasteiger partial charge in [-0.05, 0) is 24.8 Å². The number of carboxylic acid groups (broad SMARTS) is 1. The van der Waals surface area contributed by atoms with Crippen LogP contribution in [-0.2, 0) is 14.8 Å². The highest BCUT2D eigenvalue weighted by Gasteiger charge is 2.34. The van der Waals surface area contributed by atoms with Gasteiger partial charge in [-0.3, -0.25) is 4.79 Å². The second-order valence-electron chi connectivity index (χ2n) is 5.02. The third-order valence-corrected chi connectivity index (χ3v) is 6.78. The molecule has 1 aliphatic rings. The minimum atomic E-state index is -4.00. The fourth-order valence-corrected chi connectivity index (χ4v) is 5.96. The first kappa shape index (κ1) is 17.0. The van der Waals surface area contributed by atoms with Gasteiger partial charge in [0, 0.05) is 0 Å². The van der Waals surface area contributed by atoms with E-state index in [1.807, 2.05) is 0 Å². The first-order chi connectivity index (χ1) is 9.81. The highest BCUT2D eigenvalue weighted by atomic mass is 35.5. The Balaban J connectivity index is 2.23. The average Bonchev–Trinajstić information content (AvgIpc) is 2.77. The zero-order valence-corrected chi connectivity index (χ0v) is 14.2. The first-order valence-electron chi connectivity index (χ1n) is 6.51. The zero-order chi connectivity index (χ0) is 15.6. The minimum absolute atomic E-state index is 0.0280. The lowest BCUT2D eigenvalue weighted by atomic mass is 9.84. The molecule has 1 aromatic rings. The topological polar surface area (TPSA) is 83.5 Å². The molecule has 21 heavy (non-hydrogen) atoms. The van der Waals surface area contributed by atoms with Crippen LogP contribution >= 0.6 is 34.5 Å². The first-order valence-corrected chi connectivity index (χ1v) is 9.57. The van der Waals surface area contributed by atoms with Crippen LogP contribution in [0.2, 0.25) is 8.67 Å². The number of thiophene rings is 1. The molecule has 2 rings (SSSR count). The number of hydrogen-bond donors (Lipinski definition) is 2. The van der Waals surface area contributed by atoms with Crippen molar-refractivity contribution in [2.45, 2.75) is 43.0 Å². The lowest BCUT2D eigenvalue weighted by Crippen LogP contribution is -2.46. The summed E-state index contributed by atoms with van der Waals surface area (Å²) in [6.45, 7) is 0. The predicted octanol–water partition coefficient (Wildman–Crippen LogP) is 3.37. The Kier molecular flexibility index (Phi) is 5.54. The van der Waals surface area contributed by atoms with Crippen LogP contribution in [0.1, 0.15) is 32.1 Å². The summed E-state index contributed by atoms with van der Waals surface area (Å²) in [4.78, 5) is 11.2. The van der Waals surface area contributed by atoms with Gasteiger partial charge in [-0.1, -0.05) is 42.5 Å². The molecule has 0 bridgehead atoms. The molecule has 1 aliphatic carbocycles. The van der Waals surface area contributed by atoms with E-state index in [0.29, 0.717) is 12.8 Å².